The molecule has 0 radical (unpaired) electrons. The zero-order chi connectivity index (χ0) is 14.0. The molecule has 0 saturated heterocycles. The van der Waals surface area contributed by atoms with Crippen LogP contribution in [0.4, 0.5) is 13.2 Å². The van der Waals surface area contributed by atoms with Gasteiger partial charge in [0.05, 0.1) is 0 Å². The Bertz CT molecular complexity index is 591. The molecule has 0 spiro atoms. The van der Waals surface area contributed by atoms with Gasteiger partial charge < -0.3 is 10.8 Å². The zero-order valence-corrected chi connectivity index (χ0v) is 9.96. The summed E-state index contributed by atoms with van der Waals surface area (Å²) in [5.74, 6) is -4.25. The van der Waals surface area contributed by atoms with Gasteiger partial charge >= 0.3 is 0 Å². The molecule has 0 heterocycles. The summed E-state index contributed by atoms with van der Waals surface area (Å²) in [5, 5.41) is 9.74. The third-order valence-electron chi connectivity index (χ3n) is 2.79. The Kier molecular flexibility index (Phi) is 3.76. The van der Waals surface area contributed by atoms with E-state index in [1.807, 2.05) is 0 Å². The molecule has 0 aliphatic rings. The molecule has 19 heavy (non-hydrogen) atoms. The molecule has 100 valence electrons. The van der Waals surface area contributed by atoms with Crippen LogP contribution in [0.3, 0.4) is 0 Å². The predicted octanol–water partition coefficient (Wildman–Crippen LogP) is 2.98. The zero-order valence-electron chi connectivity index (χ0n) is 9.96. The monoisotopic (exact) mass is 267 g/mol. The number of phenols is 1. The lowest BCUT2D eigenvalue weighted by atomic mass is 10.00. The predicted molar refractivity (Wildman–Crippen MR) is 66.2 cm³/mol. The highest BCUT2D eigenvalue weighted by atomic mass is 19.2. The SMILES string of the molecule is NCCc1ccc(O)c(-c2cc(F)c(F)c(F)c2)c1. The lowest BCUT2D eigenvalue weighted by Crippen LogP contribution is -2.02. The molecule has 0 aromatic heterocycles. The molecule has 0 unspecified atom stereocenters. The van der Waals surface area contributed by atoms with Crippen LogP contribution >= 0.6 is 0 Å². The Labute approximate surface area is 108 Å². The van der Waals surface area contributed by atoms with Gasteiger partial charge in [0, 0.05) is 5.56 Å². The molecule has 0 aliphatic carbocycles. The molecule has 0 amide bonds. The van der Waals surface area contributed by atoms with Gasteiger partial charge in [-0.1, -0.05) is 6.07 Å². The van der Waals surface area contributed by atoms with Gasteiger partial charge in [-0.3, -0.25) is 0 Å². The van der Waals surface area contributed by atoms with Crippen LogP contribution in [0.1, 0.15) is 5.56 Å². The maximum Gasteiger partial charge on any atom is 0.194 e. The molecule has 0 atom stereocenters. The molecule has 5 heteroatoms. The van der Waals surface area contributed by atoms with Crippen LogP contribution in [-0.2, 0) is 6.42 Å². The Morgan fingerprint density at radius 2 is 1.63 bits per heavy atom. The van der Waals surface area contributed by atoms with Gasteiger partial charge in [-0.15, -0.1) is 0 Å². The molecule has 0 saturated carbocycles. The summed E-state index contributed by atoms with van der Waals surface area (Å²) in [5.41, 5.74) is 6.56. The molecule has 2 nitrogen and oxygen atoms in total. The normalized spacial score (nSPS) is 10.7. The highest BCUT2D eigenvalue weighted by molar-refractivity contribution is 5.71. The third kappa shape index (κ3) is 2.71. The molecule has 0 fully saturated rings. The minimum absolute atomic E-state index is 0.0766. The average Bonchev–Trinajstić information content (AvgIpc) is 2.38. The second-order valence-corrected chi connectivity index (χ2v) is 4.14. The van der Waals surface area contributed by atoms with Gasteiger partial charge in [0.1, 0.15) is 5.75 Å². The molecule has 2 rings (SSSR count). The van der Waals surface area contributed by atoms with Crippen molar-refractivity contribution in [3.8, 4) is 16.9 Å². The van der Waals surface area contributed by atoms with E-state index >= 15 is 0 Å². The summed E-state index contributed by atoms with van der Waals surface area (Å²) in [6.45, 7) is 0.413. The molecule has 3 N–H and O–H groups in total. The van der Waals surface area contributed by atoms with E-state index in [1.54, 1.807) is 12.1 Å². The van der Waals surface area contributed by atoms with Crippen LogP contribution in [0, 0.1) is 17.5 Å². The first-order valence-corrected chi connectivity index (χ1v) is 5.70. The summed E-state index contributed by atoms with van der Waals surface area (Å²) in [6.07, 6.45) is 0.569. The van der Waals surface area contributed by atoms with Crippen molar-refractivity contribution in [3.63, 3.8) is 0 Å². The number of rotatable bonds is 3. The minimum Gasteiger partial charge on any atom is -0.507 e. The van der Waals surface area contributed by atoms with Gasteiger partial charge in [-0.05, 0) is 48.4 Å². The summed E-state index contributed by atoms with van der Waals surface area (Å²) in [6, 6.07) is 6.36. The lowest BCUT2D eigenvalue weighted by molar-refractivity contribution is 0.447. The first-order chi connectivity index (χ1) is 9.02. The maximum absolute atomic E-state index is 13.2. The Morgan fingerprint density at radius 3 is 2.21 bits per heavy atom. The van der Waals surface area contributed by atoms with Crippen LogP contribution < -0.4 is 5.73 Å². The third-order valence-corrected chi connectivity index (χ3v) is 2.79. The molecular weight excluding hydrogens is 255 g/mol. The van der Waals surface area contributed by atoms with Crippen LogP contribution in [0.25, 0.3) is 11.1 Å². The molecule has 2 aromatic carbocycles. The van der Waals surface area contributed by atoms with Crippen LogP contribution in [0.5, 0.6) is 5.75 Å². The number of hydrogen-bond acceptors (Lipinski definition) is 2. The average molecular weight is 267 g/mol. The minimum atomic E-state index is -1.53. The largest absolute Gasteiger partial charge is 0.507 e. The second kappa shape index (κ2) is 5.32. The van der Waals surface area contributed by atoms with E-state index in [-0.39, 0.29) is 16.9 Å². The van der Waals surface area contributed by atoms with E-state index < -0.39 is 17.5 Å². The van der Waals surface area contributed by atoms with E-state index in [1.165, 1.54) is 6.07 Å². The Balaban J connectivity index is 2.54. The summed E-state index contributed by atoms with van der Waals surface area (Å²) >= 11 is 0. The fourth-order valence-electron chi connectivity index (χ4n) is 1.85. The Morgan fingerprint density at radius 1 is 1.00 bits per heavy atom. The standard InChI is InChI=1S/C14H12F3NO/c15-11-6-9(7-12(16)14(11)17)10-5-8(3-4-18)1-2-13(10)19/h1-2,5-7,19H,3-4,18H2. The summed E-state index contributed by atoms with van der Waals surface area (Å²) in [7, 11) is 0. The highest BCUT2D eigenvalue weighted by Crippen LogP contribution is 2.32. The molecular formula is C14H12F3NO. The van der Waals surface area contributed by atoms with Gasteiger partial charge in [-0.2, -0.15) is 0 Å². The van der Waals surface area contributed by atoms with Gasteiger partial charge in [-0.25, -0.2) is 13.2 Å². The van der Waals surface area contributed by atoms with Crippen molar-refractivity contribution in [1.29, 1.82) is 0 Å². The topological polar surface area (TPSA) is 46.2 Å². The van der Waals surface area contributed by atoms with Gasteiger partial charge in [0.2, 0.25) is 0 Å². The highest BCUT2D eigenvalue weighted by Gasteiger charge is 2.14. The van der Waals surface area contributed by atoms with Crippen molar-refractivity contribution in [2.45, 2.75) is 6.42 Å². The summed E-state index contributed by atoms with van der Waals surface area (Å²) in [4.78, 5) is 0. The van der Waals surface area contributed by atoms with Crippen LogP contribution in [0.2, 0.25) is 0 Å². The van der Waals surface area contributed by atoms with E-state index in [9.17, 15) is 18.3 Å². The van der Waals surface area contributed by atoms with Crippen molar-refractivity contribution in [2.75, 3.05) is 6.54 Å². The first kappa shape index (κ1) is 13.4. The fraction of sp³-hybridized carbons (Fsp3) is 0.143. The quantitative estimate of drug-likeness (QED) is 0.840. The smallest absolute Gasteiger partial charge is 0.194 e. The van der Waals surface area contributed by atoms with Gasteiger partial charge in [0.15, 0.2) is 17.5 Å². The van der Waals surface area contributed by atoms with Crippen LogP contribution in [-0.4, -0.2) is 11.7 Å². The number of aromatic hydroxyl groups is 1. The van der Waals surface area contributed by atoms with Crippen molar-refractivity contribution < 1.29 is 18.3 Å². The maximum atomic E-state index is 13.2. The van der Waals surface area contributed by atoms with Crippen LogP contribution in [0.15, 0.2) is 30.3 Å². The number of halogens is 3. The lowest BCUT2D eigenvalue weighted by Gasteiger charge is -2.08. The first-order valence-electron chi connectivity index (χ1n) is 5.70. The summed E-state index contributed by atoms with van der Waals surface area (Å²) < 4.78 is 39.3. The Hall–Kier alpha value is -2.01. The van der Waals surface area contributed by atoms with Gasteiger partial charge in [0.25, 0.3) is 0 Å². The fourth-order valence-corrected chi connectivity index (χ4v) is 1.85. The number of benzene rings is 2. The second-order valence-electron chi connectivity index (χ2n) is 4.14. The molecule has 2 aromatic rings. The number of hydrogen-bond donors (Lipinski definition) is 2. The van der Waals surface area contributed by atoms with Crippen molar-refractivity contribution in [2.24, 2.45) is 5.73 Å². The van der Waals surface area contributed by atoms with E-state index in [2.05, 4.69) is 0 Å². The van der Waals surface area contributed by atoms with Crippen molar-refractivity contribution in [3.05, 3.63) is 53.3 Å². The van der Waals surface area contributed by atoms with E-state index in [0.29, 0.717) is 13.0 Å². The van der Waals surface area contributed by atoms with Crippen molar-refractivity contribution >= 4 is 0 Å². The van der Waals surface area contributed by atoms with E-state index in [4.69, 9.17) is 5.73 Å². The van der Waals surface area contributed by atoms with Crippen molar-refractivity contribution in [1.82, 2.24) is 0 Å². The molecule has 0 aliphatic heterocycles. The molecule has 0 bridgehead atoms. The number of nitrogens with two attached hydrogens (primary N) is 1. The number of phenolic OH excluding ortho intramolecular Hbond substituents is 1. The van der Waals surface area contributed by atoms with E-state index in [0.717, 1.165) is 17.7 Å².